The summed E-state index contributed by atoms with van der Waals surface area (Å²) in [6.07, 6.45) is 0. The van der Waals surface area contributed by atoms with E-state index in [1.165, 1.54) is 14.0 Å². The lowest BCUT2D eigenvalue weighted by Crippen LogP contribution is -2.60. The molecule has 6 nitrogen and oxygen atoms in total. The lowest BCUT2D eigenvalue weighted by atomic mass is 9.99. The number of carbonyl (C=O) groups is 3. The molecule has 3 amide bonds. The molecule has 0 aliphatic carbocycles. The Morgan fingerprint density at radius 3 is 2.62 bits per heavy atom. The highest BCUT2D eigenvalue weighted by Crippen LogP contribution is 2.08. The molecule has 6 heteroatoms. The van der Waals surface area contributed by atoms with E-state index in [1.807, 2.05) is 5.32 Å². The molecule has 0 radical (unpaired) electrons. The number of imide groups is 1. The summed E-state index contributed by atoms with van der Waals surface area (Å²) in [5.74, 6) is -1.69. The largest absolute Gasteiger partial charge is 0.467 e. The molecule has 1 saturated heterocycles. The Hall–Kier alpha value is -1.59. The zero-order valence-electron chi connectivity index (χ0n) is 7.29. The quantitative estimate of drug-likeness (QED) is 0.514. The number of ether oxygens (including phenoxy) is 1. The normalized spacial score (nSPS) is 27.5. The van der Waals surface area contributed by atoms with Crippen molar-refractivity contribution in [3.8, 4) is 0 Å². The van der Waals surface area contributed by atoms with E-state index in [9.17, 15) is 14.4 Å². The van der Waals surface area contributed by atoms with Gasteiger partial charge in [-0.15, -0.1) is 0 Å². The third-order valence-corrected chi connectivity index (χ3v) is 1.89. The van der Waals surface area contributed by atoms with Crippen molar-refractivity contribution in [3.05, 3.63) is 0 Å². The molecule has 0 bridgehead atoms. The first kappa shape index (κ1) is 9.50. The van der Waals surface area contributed by atoms with Crippen LogP contribution in [0, 0.1) is 5.92 Å². The van der Waals surface area contributed by atoms with Crippen LogP contribution in [0.3, 0.4) is 0 Å². The molecular weight excluding hydrogens is 176 g/mol. The van der Waals surface area contributed by atoms with Crippen molar-refractivity contribution in [3.63, 3.8) is 0 Å². The van der Waals surface area contributed by atoms with E-state index >= 15 is 0 Å². The van der Waals surface area contributed by atoms with Crippen molar-refractivity contribution in [2.75, 3.05) is 7.11 Å². The van der Waals surface area contributed by atoms with Crippen molar-refractivity contribution in [2.24, 2.45) is 5.92 Å². The molecule has 2 unspecified atom stereocenters. The van der Waals surface area contributed by atoms with Crippen LogP contribution in [-0.2, 0) is 14.3 Å². The first-order valence-electron chi connectivity index (χ1n) is 3.75. The Balaban J connectivity index is 2.77. The third kappa shape index (κ3) is 1.77. The topological polar surface area (TPSA) is 84.5 Å². The van der Waals surface area contributed by atoms with Crippen molar-refractivity contribution in [2.45, 2.75) is 13.0 Å². The van der Waals surface area contributed by atoms with Gasteiger partial charge >= 0.3 is 12.0 Å². The van der Waals surface area contributed by atoms with Crippen LogP contribution >= 0.6 is 0 Å². The Kier molecular flexibility index (Phi) is 2.50. The molecule has 0 aromatic heterocycles. The highest BCUT2D eigenvalue weighted by Gasteiger charge is 2.37. The van der Waals surface area contributed by atoms with Gasteiger partial charge in [0.2, 0.25) is 5.91 Å². The van der Waals surface area contributed by atoms with Gasteiger partial charge in [0.1, 0.15) is 6.04 Å². The minimum Gasteiger partial charge on any atom is -0.467 e. The average molecular weight is 186 g/mol. The van der Waals surface area contributed by atoms with Gasteiger partial charge in [-0.2, -0.15) is 0 Å². The fraction of sp³-hybridized carbons (Fsp3) is 0.571. The summed E-state index contributed by atoms with van der Waals surface area (Å²) in [5, 5.41) is 4.34. The van der Waals surface area contributed by atoms with Crippen LogP contribution in [0.4, 0.5) is 4.79 Å². The molecule has 2 N–H and O–H groups in total. The number of esters is 1. The second kappa shape index (κ2) is 3.42. The van der Waals surface area contributed by atoms with Gasteiger partial charge < -0.3 is 10.1 Å². The lowest BCUT2D eigenvalue weighted by Gasteiger charge is -2.26. The molecule has 1 heterocycles. The Labute approximate surface area is 74.6 Å². The number of rotatable bonds is 1. The zero-order chi connectivity index (χ0) is 10.0. The molecule has 1 aliphatic heterocycles. The SMILES string of the molecule is COC(=O)C1NC(=O)NC(=O)C1C. The van der Waals surface area contributed by atoms with E-state index in [4.69, 9.17) is 0 Å². The van der Waals surface area contributed by atoms with Gasteiger partial charge in [-0.05, 0) is 0 Å². The van der Waals surface area contributed by atoms with Crippen LogP contribution < -0.4 is 10.6 Å². The summed E-state index contributed by atoms with van der Waals surface area (Å²) in [4.78, 5) is 32.9. The van der Waals surface area contributed by atoms with Crippen molar-refractivity contribution < 1.29 is 19.1 Å². The molecule has 1 aliphatic rings. The van der Waals surface area contributed by atoms with Crippen molar-refractivity contribution in [1.29, 1.82) is 0 Å². The minimum absolute atomic E-state index is 0.473. The fourth-order valence-corrected chi connectivity index (χ4v) is 1.07. The first-order chi connectivity index (χ1) is 6.06. The summed E-state index contributed by atoms with van der Waals surface area (Å²) in [6, 6.07) is -1.55. The average Bonchev–Trinajstić information content (AvgIpc) is 2.10. The molecular formula is C7H10N2O4. The van der Waals surface area contributed by atoms with E-state index < -0.39 is 29.9 Å². The van der Waals surface area contributed by atoms with Crippen LogP contribution in [0.2, 0.25) is 0 Å². The number of amides is 3. The van der Waals surface area contributed by atoms with Gasteiger partial charge in [-0.1, -0.05) is 6.92 Å². The van der Waals surface area contributed by atoms with Crippen LogP contribution in [-0.4, -0.2) is 31.1 Å². The molecule has 72 valence electrons. The zero-order valence-corrected chi connectivity index (χ0v) is 7.29. The minimum atomic E-state index is -0.883. The standard InChI is InChI=1S/C7H10N2O4/c1-3-4(6(11)13-2)8-7(12)9-5(3)10/h3-4H,1-2H3,(H2,8,9,10,12). The van der Waals surface area contributed by atoms with Gasteiger partial charge in [0.25, 0.3) is 0 Å². The molecule has 13 heavy (non-hydrogen) atoms. The van der Waals surface area contributed by atoms with Crippen LogP contribution in [0.25, 0.3) is 0 Å². The smallest absolute Gasteiger partial charge is 0.329 e. The van der Waals surface area contributed by atoms with E-state index in [-0.39, 0.29) is 0 Å². The highest BCUT2D eigenvalue weighted by atomic mass is 16.5. The number of hydrogen-bond donors (Lipinski definition) is 2. The number of methoxy groups -OCH3 is 1. The third-order valence-electron chi connectivity index (χ3n) is 1.89. The number of nitrogens with one attached hydrogen (secondary N) is 2. The van der Waals surface area contributed by atoms with Crippen LogP contribution in [0.1, 0.15) is 6.92 Å². The summed E-state index contributed by atoms with van der Waals surface area (Å²) >= 11 is 0. The van der Waals surface area contributed by atoms with Crippen LogP contribution in [0.5, 0.6) is 0 Å². The van der Waals surface area contributed by atoms with Gasteiger partial charge in [0.05, 0.1) is 13.0 Å². The Morgan fingerprint density at radius 2 is 2.08 bits per heavy atom. The summed E-state index contributed by atoms with van der Waals surface area (Å²) in [5.41, 5.74) is 0. The second-order valence-corrected chi connectivity index (χ2v) is 2.75. The van der Waals surface area contributed by atoms with Crippen LogP contribution in [0.15, 0.2) is 0 Å². The molecule has 1 rings (SSSR count). The van der Waals surface area contributed by atoms with Gasteiger partial charge in [0, 0.05) is 0 Å². The van der Waals surface area contributed by atoms with Crippen molar-refractivity contribution >= 4 is 17.9 Å². The summed E-state index contributed by atoms with van der Waals surface area (Å²) in [6.45, 7) is 1.54. The molecule has 0 saturated carbocycles. The fourth-order valence-electron chi connectivity index (χ4n) is 1.07. The monoisotopic (exact) mass is 186 g/mol. The van der Waals surface area contributed by atoms with E-state index in [0.717, 1.165) is 0 Å². The Morgan fingerprint density at radius 1 is 1.46 bits per heavy atom. The van der Waals surface area contributed by atoms with Gasteiger partial charge in [0.15, 0.2) is 0 Å². The molecule has 0 aromatic rings. The number of urea groups is 1. The predicted molar refractivity (Wildman–Crippen MR) is 41.6 cm³/mol. The predicted octanol–water partition coefficient (Wildman–Crippen LogP) is -0.997. The highest BCUT2D eigenvalue weighted by molar-refractivity contribution is 6.02. The molecule has 2 atom stereocenters. The molecule has 0 aromatic carbocycles. The summed E-state index contributed by atoms with van der Waals surface area (Å²) < 4.78 is 4.42. The van der Waals surface area contributed by atoms with E-state index in [1.54, 1.807) is 0 Å². The van der Waals surface area contributed by atoms with E-state index in [0.29, 0.717) is 0 Å². The lowest BCUT2D eigenvalue weighted by molar-refractivity contribution is -0.147. The molecule has 1 fully saturated rings. The maximum Gasteiger partial charge on any atom is 0.329 e. The first-order valence-corrected chi connectivity index (χ1v) is 3.75. The van der Waals surface area contributed by atoms with Gasteiger partial charge in [-0.25, -0.2) is 9.59 Å². The number of carbonyl (C=O) groups excluding carboxylic acids is 3. The maximum atomic E-state index is 11.1. The summed E-state index contributed by atoms with van der Waals surface area (Å²) in [7, 11) is 1.20. The number of hydrogen-bond acceptors (Lipinski definition) is 4. The van der Waals surface area contributed by atoms with Gasteiger partial charge in [-0.3, -0.25) is 10.1 Å². The van der Waals surface area contributed by atoms with Crippen molar-refractivity contribution in [1.82, 2.24) is 10.6 Å². The van der Waals surface area contributed by atoms with E-state index in [2.05, 4.69) is 10.1 Å². The maximum absolute atomic E-state index is 11.1. The molecule has 0 spiro atoms. The Bertz CT molecular complexity index is 263. The second-order valence-electron chi connectivity index (χ2n) is 2.75.